The van der Waals surface area contributed by atoms with Crippen molar-refractivity contribution in [3.05, 3.63) is 70.7 Å². The molecule has 0 saturated carbocycles. The third-order valence-electron chi connectivity index (χ3n) is 4.48. The Balaban J connectivity index is 1.37. The molecule has 2 N–H and O–H groups in total. The van der Waals surface area contributed by atoms with Crippen LogP contribution in [0.2, 0.25) is 0 Å². The molecule has 2 amide bonds. The van der Waals surface area contributed by atoms with Gasteiger partial charge in [-0.15, -0.1) is 16.4 Å². The molecule has 0 fully saturated rings. The molecule has 0 aliphatic heterocycles. The molecule has 0 saturated heterocycles. The quantitative estimate of drug-likeness (QED) is 0.465. The van der Waals surface area contributed by atoms with E-state index < -0.39 is 23.4 Å². The van der Waals surface area contributed by atoms with Gasteiger partial charge in [-0.3, -0.25) is 9.59 Å². The molecule has 31 heavy (non-hydrogen) atoms. The lowest BCUT2D eigenvalue weighted by Crippen LogP contribution is -2.36. The topological polar surface area (TPSA) is 88.4 Å². The molecule has 10 heteroatoms. The number of anilines is 1. The molecule has 0 spiro atoms. The van der Waals surface area contributed by atoms with Crippen molar-refractivity contribution in [3.63, 3.8) is 0 Å². The van der Waals surface area contributed by atoms with Gasteiger partial charge >= 0.3 is 11.8 Å². The second-order valence-corrected chi connectivity index (χ2v) is 7.65. The third-order valence-corrected chi connectivity index (χ3v) is 5.34. The highest BCUT2D eigenvalue weighted by molar-refractivity contribution is 7.15. The van der Waals surface area contributed by atoms with Gasteiger partial charge in [-0.1, -0.05) is 23.8 Å². The standard InChI is InChI=1S/C21H17F2N5O2S/c1-12-3-2-4-13(9-12)18-26-21-28(27-18)15(11-31-21)7-8-24-19(29)20(30)25-17-6-5-14(22)10-16(17)23/h2-6,9-11H,7-8H2,1H3,(H,24,29)(H,25,30). The normalized spacial score (nSPS) is 10.9. The van der Waals surface area contributed by atoms with Crippen molar-refractivity contribution in [3.8, 4) is 11.4 Å². The fraction of sp³-hybridized carbons (Fsp3) is 0.143. The summed E-state index contributed by atoms with van der Waals surface area (Å²) in [4.78, 5) is 29.2. The van der Waals surface area contributed by atoms with Crippen LogP contribution in [0.1, 0.15) is 11.3 Å². The highest BCUT2D eigenvalue weighted by Gasteiger charge is 2.16. The van der Waals surface area contributed by atoms with Crippen molar-refractivity contribution < 1.29 is 18.4 Å². The van der Waals surface area contributed by atoms with Gasteiger partial charge in [0.05, 0.1) is 11.4 Å². The summed E-state index contributed by atoms with van der Waals surface area (Å²) in [5.74, 6) is -3.09. The average Bonchev–Trinajstić information content (AvgIpc) is 3.31. The van der Waals surface area contributed by atoms with Gasteiger partial charge in [-0.25, -0.2) is 13.3 Å². The van der Waals surface area contributed by atoms with Crippen LogP contribution in [-0.4, -0.2) is 33.0 Å². The Kier molecular flexibility index (Phi) is 5.72. The molecule has 158 valence electrons. The van der Waals surface area contributed by atoms with Crippen molar-refractivity contribution in [2.75, 3.05) is 11.9 Å². The van der Waals surface area contributed by atoms with Crippen molar-refractivity contribution in [2.45, 2.75) is 13.3 Å². The number of rotatable bonds is 5. The van der Waals surface area contributed by atoms with E-state index >= 15 is 0 Å². The van der Waals surface area contributed by atoms with Crippen molar-refractivity contribution in [1.29, 1.82) is 0 Å². The largest absolute Gasteiger partial charge is 0.347 e. The maximum Gasteiger partial charge on any atom is 0.313 e. The van der Waals surface area contributed by atoms with Crippen LogP contribution in [0.3, 0.4) is 0 Å². The Morgan fingerprint density at radius 3 is 2.74 bits per heavy atom. The first-order valence-corrected chi connectivity index (χ1v) is 10.2. The van der Waals surface area contributed by atoms with Crippen LogP contribution in [0.5, 0.6) is 0 Å². The summed E-state index contributed by atoms with van der Waals surface area (Å²) in [6, 6.07) is 10.5. The van der Waals surface area contributed by atoms with E-state index in [0.717, 1.165) is 33.9 Å². The third kappa shape index (κ3) is 4.58. The number of carbonyl (C=O) groups is 2. The van der Waals surface area contributed by atoms with Crippen LogP contribution in [-0.2, 0) is 16.0 Å². The number of nitrogens with zero attached hydrogens (tertiary/aromatic N) is 3. The first-order chi connectivity index (χ1) is 14.9. The van der Waals surface area contributed by atoms with Gasteiger partial charge in [0.2, 0.25) is 4.96 Å². The molecule has 2 heterocycles. The molecule has 2 aromatic carbocycles. The van der Waals surface area contributed by atoms with E-state index in [1.807, 2.05) is 36.6 Å². The predicted octanol–water partition coefficient (Wildman–Crippen LogP) is 3.34. The Bertz CT molecular complexity index is 1280. The summed E-state index contributed by atoms with van der Waals surface area (Å²) in [5.41, 5.74) is 2.58. The number of hydrogen-bond acceptors (Lipinski definition) is 5. The number of benzene rings is 2. The van der Waals surface area contributed by atoms with Gasteiger partial charge in [0.1, 0.15) is 11.6 Å². The number of halogens is 2. The highest BCUT2D eigenvalue weighted by Crippen LogP contribution is 2.21. The smallest absolute Gasteiger partial charge is 0.313 e. The van der Waals surface area contributed by atoms with E-state index in [-0.39, 0.29) is 12.2 Å². The number of hydrogen-bond donors (Lipinski definition) is 2. The van der Waals surface area contributed by atoms with Gasteiger partial charge in [-0.05, 0) is 25.1 Å². The number of carbonyl (C=O) groups excluding carboxylic acids is 2. The van der Waals surface area contributed by atoms with Crippen LogP contribution in [0.4, 0.5) is 14.5 Å². The maximum absolute atomic E-state index is 13.6. The Morgan fingerprint density at radius 1 is 1.13 bits per heavy atom. The predicted molar refractivity (Wildman–Crippen MR) is 113 cm³/mol. The van der Waals surface area contributed by atoms with E-state index in [4.69, 9.17) is 0 Å². The summed E-state index contributed by atoms with van der Waals surface area (Å²) in [5, 5.41) is 11.0. The van der Waals surface area contributed by atoms with E-state index in [9.17, 15) is 18.4 Å². The zero-order chi connectivity index (χ0) is 22.0. The zero-order valence-electron chi connectivity index (χ0n) is 16.4. The summed E-state index contributed by atoms with van der Waals surface area (Å²) in [7, 11) is 0. The minimum atomic E-state index is -1.04. The number of aromatic nitrogens is 3. The lowest BCUT2D eigenvalue weighted by Gasteiger charge is -2.07. The fourth-order valence-electron chi connectivity index (χ4n) is 2.96. The van der Waals surface area contributed by atoms with Crippen molar-refractivity contribution in [1.82, 2.24) is 19.9 Å². The Morgan fingerprint density at radius 2 is 1.97 bits per heavy atom. The number of amides is 2. The van der Waals surface area contributed by atoms with E-state index in [2.05, 4.69) is 20.7 Å². The van der Waals surface area contributed by atoms with Crippen LogP contribution >= 0.6 is 11.3 Å². The van der Waals surface area contributed by atoms with Gasteiger partial charge < -0.3 is 10.6 Å². The highest BCUT2D eigenvalue weighted by atomic mass is 32.1. The molecule has 0 atom stereocenters. The average molecular weight is 441 g/mol. The second-order valence-electron chi connectivity index (χ2n) is 6.81. The minimum absolute atomic E-state index is 0.170. The molecule has 4 rings (SSSR count). The molecular formula is C21H17F2N5O2S. The van der Waals surface area contributed by atoms with Gasteiger partial charge in [0.25, 0.3) is 0 Å². The summed E-state index contributed by atoms with van der Waals surface area (Å²) >= 11 is 1.43. The monoisotopic (exact) mass is 441 g/mol. The van der Waals surface area contributed by atoms with E-state index in [1.165, 1.54) is 11.3 Å². The van der Waals surface area contributed by atoms with Gasteiger partial charge in [0, 0.05) is 30.0 Å². The SMILES string of the molecule is Cc1cccc(-c2nc3scc(CCNC(=O)C(=O)Nc4ccc(F)cc4F)n3n2)c1. The van der Waals surface area contributed by atoms with Crippen molar-refractivity contribution >= 4 is 33.8 Å². The molecule has 0 bridgehead atoms. The summed E-state index contributed by atoms with van der Waals surface area (Å²) < 4.78 is 28.2. The van der Waals surface area contributed by atoms with Gasteiger partial charge in [0.15, 0.2) is 5.82 Å². The number of aryl methyl sites for hydroxylation is 1. The molecule has 0 unspecified atom stereocenters. The maximum atomic E-state index is 13.6. The van der Waals surface area contributed by atoms with Crippen LogP contribution in [0.25, 0.3) is 16.3 Å². The summed E-state index contributed by atoms with van der Waals surface area (Å²) in [6.07, 6.45) is 0.417. The molecule has 7 nitrogen and oxygen atoms in total. The zero-order valence-corrected chi connectivity index (χ0v) is 17.2. The van der Waals surface area contributed by atoms with Crippen molar-refractivity contribution in [2.24, 2.45) is 0 Å². The first kappa shape index (κ1) is 20.6. The lowest BCUT2D eigenvalue weighted by atomic mass is 10.1. The second kappa shape index (κ2) is 8.60. The Hall–Kier alpha value is -3.66. The Labute approximate surface area is 179 Å². The molecule has 0 radical (unpaired) electrons. The van der Waals surface area contributed by atoms with Crippen LogP contribution in [0, 0.1) is 18.6 Å². The minimum Gasteiger partial charge on any atom is -0.347 e. The van der Waals surface area contributed by atoms with E-state index in [1.54, 1.807) is 4.52 Å². The number of thiazole rings is 1. The molecule has 4 aromatic rings. The molecule has 0 aliphatic carbocycles. The van der Waals surface area contributed by atoms with E-state index in [0.29, 0.717) is 18.3 Å². The fourth-order valence-corrected chi connectivity index (χ4v) is 3.81. The van der Waals surface area contributed by atoms with Crippen LogP contribution < -0.4 is 10.6 Å². The number of nitrogens with one attached hydrogen (secondary N) is 2. The molecule has 0 aliphatic rings. The first-order valence-electron chi connectivity index (χ1n) is 9.35. The number of fused-ring (bicyclic) bond motifs is 1. The molecule has 2 aromatic heterocycles. The lowest BCUT2D eigenvalue weighted by molar-refractivity contribution is -0.136. The molecular weight excluding hydrogens is 424 g/mol. The van der Waals surface area contributed by atoms with Gasteiger partial charge in [-0.2, -0.15) is 4.98 Å². The summed E-state index contributed by atoms with van der Waals surface area (Å²) in [6.45, 7) is 2.17. The van der Waals surface area contributed by atoms with Crippen LogP contribution in [0.15, 0.2) is 47.8 Å².